The van der Waals surface area contributed by atoms with E-state index in [1.807, 2.05) is 0 Å². The molecule has 4 fully saturated rings. The van der Waals surface area contributed by atoms with Crippen molar-refractivity contribution in [3.63, 3.8) is 0 Å². The van der Waals surface area contributed by atoms with Crippen LogP contribution in [0.3, 0.4) is 0 Å². The van der Waals surface area contributed by atoms with Gasteiger partial charge in [-0.05, 0) is 19.3 Å². The first kappa shape index (κ1) is 29.6. The molecule has 10 atom stereocenters. The molecule has 4 aliphatic rings. The number of anilines is 1. The average molecular weight is 685 g/mol. The van der Waals surface area contributed by atoms with Crippen molar-refractivity contribution in [2.45, 2.75) is 56.5 Å². The molecule has 4 aromatic heterocycles. The molecule has 6 heterocycles. The summed E-state index contributed by atoms with van der Waals surface area (Å²) >= 11 is 4.18. The fraction of sp³-hybridized carbons (Fsp3) is 0.591. The van der Waals surface area contributed by atoms with E-state index in [2.05, 4.69) is 47.5 Å². The maximum Gasteiger partial charge on any atom is 0.472 e. The number of rotatable bonds is 2. The fourth-order valence-electron chi connectivity index (χ4n) is 6.77. The Hall–Kier alpha value is -2.84. The van der Waals surface area contributed by atoms with Crippen molar-refractivity contribution in [1.29, 1.82) is 0 Å². The molecule has 2 aliphatic heterocycles. The Morgan fingerprint density at radius 3 is 2.82 bits per heavy atom. The minimum absolute atomic E-state index is 0.0313. The highest BCUT2D eigenvalue weighted by Crippen LogP contribution is 2.73. The summed E-state index contributed by atoms with van der Waals surface area (Å²) in [6.07, 6.45) is -2.65. The average Bonchev–Trinajstić information content (AvgIpc) is 3.31. The first-order valence-corrected chi connectivity index (χ1v) is 17.9. The molecule has 8 rings (SSSR count). The highest BCUT2D eigenvalue weighted by atomic mass is 32.7. The molecule has 2 bridgehead atoms. The maximum absolute atomic E-state index is 13.6. The Balaban J connectivity index is 1.12. The molecule has 240 valence electrons. The van der Waals surface area contributed by atoms with Crippen LogP contribution in [0.5, 0.6) is 0 Å². The summed E-state index contributed by atoms with van der Waals surface area (Å²) in [5.74, 6) is 0.0469. The molecule has 2 saturated carbocycles. The number of nitrogens with one attached hydrogen (secondary N) is 1. The van der Waals surface area contributed by atoms with Crippen molar-refractivity contribution >= 4 is 55.0 Å². The predicted octanol–water partition coefficient (Wildman–Crippen LogP) is 0.410. The highest BCUT2D eigenvalue weighted by Gasteiger charge is 2.74. The summed E-state index contributed by atoms with van der Waals surface area (Å²) in [5, 5.41) is 19.4. The molecule has 1 spiro atoms. The molecule has 2 saturated heterocycles. The van der Waals surface area contributed by atoms with Crippen molar-refractivity contribution in [3.05, 3.63) is 28.8 Å². The number of aliphatic hydroxyl groups excluding tert-OH is 1. The van der Waals surface area contributed by atoms with Crippen LogP contribution in [0.1, 0.15) is 30.9 Å². The second kappa shape index (κ2) is 10.1. The standard InChI is InChI=1S/C22H26N10O10P2S/c1-8-27-19-13(20(34)28-8)29-30-32(19)21-11-2-9(40-21)4-38-44(37,45)42-16-15(33)14(10-3-22(10,16)5-39-43(35,36)41-11)31-7-26-12-17(23)24-6-25-18(12)31/h6-7,9-11,14-16,21,33H,2-5H2,1H3,(H,35,36)(H,37,45)(H2,23,24,25)(H,27,28,34)/t9-,10+,11+,14+,15-,16-,21+,22?,44-/m0/s1. The zero-order valence-electron chi connectivity index (χ0n) is 23.2. The maximum atomic E-state index is 13.6. The number of nitrogens with zero attached hydrogens (tertiary/aromatic N) is 8. The van der Waals surface area contributed by atoms with Crippen molar-refractivity contribution < 1.29 is 42.0 Å². The van der Waals surface area contributed by atoms with Gasteiger partial charge in [-0.2, -0.15) is 4.68 Å². The minimum Gasteiger partial charge on any atom is -0.388 e. The number of phosphoric ester groups is 1. The van der Waals surface area contributed by atoms with Crippen LogP contribution in [0.4, 0.5) is 5.82 Å². The van der Waals surface area contributed by atoms with Gasteiger partial charge in [0.25, 0.3) is 5.56 Å². The molecule has 0 amide bonds. The lowest BCUT2D eigenvalue weighted by Crippen LogP contribution is -2.37. The number of thiol groups is 1. The number of nitrogens with two attached hydrogens (primary N) is 1. The van der Waals surface area contributed by atoms with Gasteiger partial charge < -0.3 is 30.0 Å². The van der Waals surface area contributed by atoms with E-state index in [9.17, 15) is 23.9 Å². The van der Waals surface area contributed by atoms with Crippen LogP contribution in [-0.2, 0) is 32.0 Å². The van der Waals surface area contributed by atoms with Gasteiger partial charge in [0, 0.05) is 11.8 Å². The van der Waals surface area contributed by atoms with Gasteiger partial charge >= 0.3 is 14.6 Å². The molecule has 0 radical (unpaired) electrons. The Bertz CT molecular complexity index is 2010. The molecule has 2 aliphatic carbocycles. The number of hydrogen-bond donors (Lipinski definition) is 5. The summed E-state index contributed by atoms with van der Waals surface area (Å²) in [6, 6.07) is -0.707. The number of aryl methyl sites for hydroxylation is 1. The number of hydrogen-bond acceptors (Lipinski definition) is 16. The van der Waals surface area contributed by atoms with Crippen LogP contribution in [-0.4, -0.2) is 92.1 Å². The number of H-pyrrole nitrogens is 1. The van der Waals surface area contributed by atoms with Crippen LogP contribution in [0, 0.1) is 18.3 Å². The smallest absolute Gasteiger partial charge is 0.388 e. The first-order valence-electron chi connectivity index (χ1n) is 13.8. The van der Waals surface area contributed by atoms with E-state index in [-0.39, 0.29) is 41.8 Å². The Morgan fingerprint density at radius 2 is 2.00 bits per heavy atom. The molecule has 20 nitrogen and oxygen atoms in total. The Labute approximate surface area is 256 Å². The van der Waals surface area contributed by atoms with Gasteiger partial charge in [-0.25, -0.2) is 29.1 Å². The second-order valence-corrected chi connectivity index (χ2v) is 15.8. The number of fused-ring (bicyclic) bond motifs is 4. The monoisotopic (exact) mass is 684 g/mol. The lowest BCUT2D eigenvalue weighted by molar-refractivity contribution is -0.0634. The number of imidazole rings is 1. The van der Waals surface area contributed by atoms with E-state index in [4.69, 9.17) is 28.6 Å². The van der Waals surface area contributed by atoms with Gasteiger partial charge in [0.15, 0.2) is 28.9 Å². The molecule has 45 heavy (non-hydrogen) atoms. The lowest BCUT2D eigenvalue weighted by Gasteiger charge is -2.30. The van der Waals surface area contributed by atoms with E-state index < -0.39 is 68.9 Å². The zero-order valence-corrected chi connectivity index (χ0v) is 25.9. The quantitative estimate of drug-likeness (QED) is 0.141. The van der Waals surface area contributed by atoms with Crippen molar-refractivity contribution in [3.8, 4) is 0 Å². The number of ether oxygens (including phenoxy) is 1. The summed E-state index contributed by atoms with van der Waals surface area (Å²) in [4.78, 5) is 42.6. The number of phosphoric acid groups is 1. The summed E-state index contributed by atoms with van der Waals surface area (Å²) in [6.45, 7) is -3.35. The van der Waals surface area contributed by atoms with Gasteiger partial charge in [0.1, 0.15) is 36.0 Å². The molecule has 0 aromatic carbocycles. The largest absolute Gasteiger partial charge is 0.472 e. The topological polar surface area (TPSA) is 267 Å². The van der Waals surface area contributed by atoms with Crippen molar-refractivity contribution in [2.24, 2.45) is 11.3 Å². The highest BCUT2D eigenvalue weighted by molar-refractivity contribution is 8.44. The van der Waals surface area contributed by atoms with Gasteiger partial charge in [-0.3, -0.25) is 22.9 Å². The van der Waals surface area contributed by atoms with Gasteiger partial charge in [0.2, 0.25) is 0 Å². The molecular weight excluding hydrogens is 658 g/mol. The lowest BCUT2D eigenvalue weighted by atomic mass is 10.0. The summed E-state index contributed by atoms with van der Waals surface area (Å²) in [7, 11) is -4.81. The molecular formula is C22H26N10O10P2S. The van der Waals surface area contributed by atoms with Crippen molar-refractivity contribution in [1.82, 2.24) is 44.5 Å². The van der Waals surface area contributed by atoms with Crippen LogP contribution in [0.2, 0.25) is 0 Å². The van der Waals surface area contributed by atoms with E-state index in [0.29, 0.717) is 17.6 Å². The fourth-order valence-corrected chi connectivity index (χ4v) is 9.31. The van der Waals surface area contributed by atoms with Gasteiger partial charge in [0.05, 0.1) is 31.7 Å². The molecule has 2 unspecified atom stereocenters. The van der Waals surface area contributed by atoms with E-state index in [1.54, 1.807) is 11.5 Å². The summed E-state index contributed by atoms with van der Waals surface area (Å²) < 4.78 is 58.4. The van der Waals surface area contributed by atoms with E-state index >= 15 is 0 Å². The van der Waals surface area contributed by atoms with Crippen LogP contribution in [0.25, 0.3) is 22.3 Å². The van der Waals surface area contributed by atoms with Gasteiger partial charge in [-0.1, -0.05) is 17.5 Å². The minimum atomic E-state index is -4.81. The van der Waals surface area contributed by atoms with Crippen molar-refractivity contribution in [2.75, 3.05) is 18.9 Å². The van der Waals surface area contributed by atoms with Gasteiger partial charge in [-0.15, -0.1) is 5.10 Å². The number of aromatic nitrogens is 9. The van der Waals surface area contributed by atoms with Crippen LogP contribution < -0.4 is 11.3 Å². The second-order valence-electron chi connectivity index (χ2n) is 11.5. The number of aliphatic hydroxyl groups is 1. The number of nitrogen functional groups attached to an aromatic ring is 1. The first-order chi connectivity index (χ1) is 21.4. The predicted molar refractivity (Wildman–Crippen MR) is 153 cm³/mol. The molecule has 4 aromatic rings. The third-order valence-corrected chi connectivity index (χ3v) is 11.4. The van der Waals surface area contributed by atoms with Crippen LogP contribution >= 0.6 is 26.9 Å². The molecule has 5 N–H and O–H groups in total. The van der Waals surface area contributed by atoms with Crippen LogP contribution in [0.15, 0.2) is 17.4 Å². The zero-order chi connectivity index (χ0) is 31.5. The molecule has 23 heteroatoms. The summed E-state index contributed by atoms with van der Waals surface area (Å²) in [5.41, 5.74) is 5.01. The Morgan fingerprint density at radius 1 is 1.18 bits per heavy atom. The van der Waals surface area contributed by atoms with E-state index in [0.717, 1.165) is 0 Å². The SMILES string of the molecule is Cc1nc2c(nnn2[C@@H]2O[C@@H]3CO[P@](=O)(S)O[C@H]4[C@@H](O)[C@H](n5cnc6c(N)ncnc65)[C@H]5CC54COP(=O)(O)O[C@@H]2C3)c(=O)[nH]1. The normalized spacial score (nSPS) is 40.0. The third-order valence-electron chi connectivity index (χ3n) is 8.80. The number of aromatic amines is 1. The third kappa shape index (κ3) is 4.76. The Kier molecular flexibility index (Phi) is 6.62. The van der Waals surface area contributed by atoms with E-state index in [1.165, 1.54) is 17.3 Å².